The Morgan fingerprint density at radius 2 is 1.48 bits per heavy atom. The van der Waals surface area contributed by atoms with Gasteiger partial charge in [0.25, 0.3) is 0 Å². The zero-order chi connectivity index (χ0) is 16.2. The van der Waals surface area contributed by atoms with Crippen LogP contribution in [0.25, 0.3) is 0 Å². The summed E-state index contributed by atoms with van der Waals surface area (Å²) in [4.78, 5) is 44.3. The lowest BCUT2D eigenvalue weighted by molar-refractivity contribution is -0.135. The van der Waals surface area contributed by atoms with Crippen LogP contribution in [0.15, 0.2) is 12.1 Å². The molecule has 8 heteroatoms. The van der Waals surface area contributed by atoms with Gasteiger partial charge in [-0.2, -0.15) is 0 Å². The molecule has 1 rings (SSSR count). The highest BCUT2D eigenvalue weighted by Crippen LogP contribution is 2.38. The minimum atomic E-state index is -1.06. The number of phenolic OH excluding ortho intramolecular Hbond substituents is 1. The van der Waals surface area contributed by atoms with Gasteiger partial charge in [0.2, 0.25) is 5.75 Å². The van der Waals surface area contributed by atoms with Gasteiger partial charge in [-0.05, 0) is 12.1 Å². The average molecular weight is 296 g/mol. The molecule has 8 nitrogen and oxygen atoms in total. The van der Waals surface area contributed by atoms with Crippen molar-refractivity contribution >= 4 is 23.9 Å². The number of hydrogen-bond acceptors (Lipinski definition) is 8. The molecule has 0 aliphatic rings. The second kappa shape index (κ2) is 6.51. The fourth-order valence-corrected chi connectivity index (χ4v) is 1.37. The van der Waals surface area contributed by atoms with E-state index in [2.05, 4.69) is 4.74 Å². The Kier molecular flexibility index (Phi) is 5.01. The Bertz CT molecular complexity index is 617. The molecule has 0 aromatic heterocycles. The third-order valence-corrected chi connectivity index (χ3v) is 2.01. The summed E-state index contributed by atoms with van der Waals surface area (Å²) in [7, 11) is 0. The van der Waals surface area contributed by atoms with Crippen molar-refractivity contribution in [2.24, 2.45) is 0 Å². The summed E-state index contributed by atoms with van der Waals surface area (Å²) in [5, 5.41) is 9.76. The summed E-state index contributed by atoms with van der Waals surface area (Å²) in [6, 6.07) is 1.92. The monoisotopic (exact) mass is 296 g/mol. The summed E-state index contributed by atoms with van der Waals surface area (Å²) in [5.41, 5.74) is -0.255. The van der Waals surface area contributed by atoms with E-state index < -0.39 is 35.4 Å². The Hall–Kier alpha value is -2.90. The minimum Gasteiger partial charge on any atom is -0.504 e. The maximum Gasteiger partial charge on any atom is 0.346 e. The lowest BCUT2D eigenvalue weighted by Crippen LogP contribution is -2.12. The van der Waals surface area contributed by atoms with Crippen LogP contribution in [0.2, 0.25) is 0 Å². The molecular formula is C13H12O8. The van der Waals surface area contributed by atoms with Gasteiger partial charge in [0.15, 0.2) is 11.5 Å². The molecule has 0 fully saturated rings. The van der Waals surface area contributed by atoms with Crippen LogP contribution >= 0.6 is 0 Å². The Balaban J connectivity index is 3.29. The lowest BCUT2D eigenvalue weighted by atomic mass is 10.2. The van der Waals surface area contributed by atoms with Crippen LogP contribution in [0.4, 0.5) is 0 Å². The Labute approximate surface area is 119 Å². The van der Waals surface area contributed by atoms with E-state index in [-0.39, 0.29) is 11.3 Å². The molecule has 21 heavy (non-hydrogen) atoms. The van der Waals surface area contributed by atoms with Gasteiger partial charge in [0, 0.05) is 20.8 Å². The predicted octanol–water partition coefficient (Wildman–Crippen LogP) is 0.946. The van der Waals surface area contributed by atoms with Gasteiger partial charge in [0.05, 0.1) is 5.56 Å². The third-order valence-electron chi connectivity index (χ3n) is 2.01. The van der Waals surface area contributed by atoms with Gasteiger partial charge in [-0.3, -0.25) is 14.4 Å². The van der Waals surface area contributed by atoms with E-state index in [0.717, 1.165) is 32.9 Å². The zero-order valence-electron chi connectivity index (χ0n) is 11.5. The average Bonchev–Trinajstić information content (AvgIpc) is 2.31. The number of phenols is 1. The number of benzene rings is 1. The second-order valence-electron chi connectivity index (χ2n) is 3.89. The van der Waals surface area contributed by atoms with Crippen molar-refractivity contribution in [2.75, 3.05) is 0 Å². The van der Waals surface area contributed by atoms with E-state index in [0.29, 0.717) is 0 Å². The minimum absolute atomic E-state index is 0.255. The number of rotatable bonds is 3. The van der Waals surface area contributed by atoms with E-state index in [1.54, 1.807) is 0 Å². The fraction of sp³-hybridized carbons (Fsp3) is 0.231. The van der Waals surface area contributed by atoms with Crippen LogP contribution in [0.3, 0.4) is 0 Å². The van der Waals surface area contributed by atoms with Crippen molar-refractivity contribution in [1.82, 2.24) is 0 Å². The molecule has 0 radical (unpaired) electrons. The van der Waals surface area contributed by atoms with Crippen LogP contribution in [-0.2, 0) is 19.1 Å². The number of aromatic hydroxyl groups is 1. The van der Waals surface area contributed by atoms with Crippen molar-refractivity contribution in [2.45, 2.75) is 20.8 Å². The topological polar surface area (TPSA) is 116 Å². The largest absolute Gasteiger partial charge is 0.504 e. The molecule has 1 aromatic carbocycles. The first-order valence-corrected chi connectivity index (χ1v) is 5.67. The zero-order valence-corrected chi connectivity index (χ0v) is 11.5. The highest BCUT2D eigenvalue weighted by molar-refractivity contribution is 5.97. The van der Waals surface area contributed by atoms with Crippen LogP contribution in [-0.4, -0.2) is 29.0 Å². The van der Waals surface area contributed by atoms with Crippen molar-refractivity contribution in [3.63, 3.8) is 0 Å². The molecule has 0 heterocycles. The summed E-state index contributed by atoms with van der Waals surface area (Å²) in [6.07, 6.45) is 0. The van der Waals surface area contributed by atoms with Gasteiger partial charge >= 0.3 is 23.9 Å². The summed E-state index contributed by atoms with van der Waals surface area (Å²) in [5.74, 6) is -4.83. The smallest absolute Gasteiger partial charge is 0.346 e. The predicted molar refractivity (Wildman–Crippen MR) is 66.8 cm³/mol. The van der Waals surface area contributed by atoms with Gasteiger partial charge < -0.3 is 19.3 Å². The first-order chi connectivity index (χ1) is 9.70. The Morgan fingerprint density at radius 3 is 1.95 bits per heavy atom. The van der Waals surface area contributed by atoms with E-state index >= 15 is 0 Å². The van der Waals surface area contributed by atoms with Gasteiger partial charge in [0.1, 0.15) is 0 Å². The molecule has 0 unspecified atom stereocenters. The number of carbonyl (C=O) groups excluding carboxylic acids is 4. The SMILES string of the molecule is CC(=O)OC(=O)c1cc(O)c(OC(C)=O)c(OC(C)=O)c1. The number of ether oxygens (including phenoxy) is 3. The third kappa shape index (κ3) is 4.60. The molecule has 0 saturated carbocycles. The van der Waals surface area contributed by atoms with Gasteiger partial charge in [-0.25, -0.2) is 4.79 Å². The molecule has 0 aliphatic heterocycles. The van der Waals surface area contributed by atoms with Crippen molar-refractivity contribution in [3.8, 4) is 17.2 Å². The molecule has 0 spiro atoms. The van der Waals surface area contributed by atoms with Crippen LogP contribution in [0, 0.1) is 0 Å². The molecule has 1 aromatic rings. The normalized spacial score (nSPS) is 9.67. The quantitative estimate of drug-likeness (QED) is 0.497. The molecule has 0 atom stereocenters. The van der Waals surface area contributed by atoms with E-state index in [1.165, 1.54) is 0 Å². The summed E-state index contributed by atoms with van der Waals surface area (Å²) >= 11 is 0. The Morgan fingerprint density at radius 1 is 0.905 bits per heavy atom. The maximum atomic E-state index is 11.6. The maximum absolute atomic E-state index is 11.6. The number of esters is 4. The van der Waals surface area contributed by atoms with E-state index in [9.17, 15) is 24.3 Å². The highest BCUT2D eigenvalue weighted by Gasteiger charge is 2.21. The van der Waals surface area contributed by atoms with E-state index in [1.807, 2.05) is 0 Å². The fourth-order valence-electron chi connectivity index (χ4n) is 1.37. The number of hydrogen-bond donors (Lipinski definition) is 1. The van der Waals surface area contributed by atoms with E-state index in [4.69, 9.17) is 9.47 Å². The summed E-state index contributed by atoms with van der Waals surface area (Å²) in [6.45, 7) is 3.18. The molecule has 0 bridgehead atoms. The number of carbonyl (C=O) groups is 4. The van der Waals surface area contributed by atoms with Crippen molar-refractivity contribution in [3.05, 3.63) is 17.7 Å². The summed E-state index contributed by atoms with van der Waals surface area (Å²) < 4.78 is 13.8. The molecule has 112 valence electrons. The first-order valence-electron chi connectivity index (χ1n) is 5.67. The molecular weight excluding hydrogens is 284 g/mol. The highest BCUT2D eigenvalue weighted by atomic mass is 16.6. The molecule has 0 saturated heterocycles. The first kappa shape index (κ1) is 16.2. The van der Waals surface area contributed by atoms with Crippen LogP contribution in [0.1, 0.15) is 31.1 Å². The van der Waals surface area contributed by atoms with Crippen LogP contribution < -0.4 is 9.47 Å². The molecule has 0 amide bonds. The lowest BCUT2D eigenvalue weighted by Gasteiger charge is -2.11. The van der Waals surface area contributed by atoms with Gasteiger partial charge in [-0.15, -0.1) is 0 Å². The standard InChI is InChI=1S/C13H12O8/c1-6(14)19-11-5-9(13(18)21-8(3)16)4-10(17)12(11)20-7(2)15/h4-5,17H,1-3H3. The van der Waals surface area contributed by atoms with Crippen molar-refractivity contribution < 1.29 is 38.5 Å². The molecule has 1 N–H and O–H groups in total. The second-order valence-corrected chi connectivity index (χ2v) is 3.89. The van der Waals surface area contributed by atoms with Gasteiger partial charge in [-0.1, -0.05) is 0 Å². The van der Waals surface area contributed by atoms with Crippen LogP contribution in [0.5, 0.6) is 17.2 Å². The molecule has 0 aliphatic carbocycles. The van der Waals surface area contributed by atoms with Crippen molar-refractivity contribution in [1.29, 1.82) is 0 Å².